The van der Waals surface area contributed by atoms with Gasteiger partial charge in [0.25, 0.3) is 5.91 Å². The van der Waals surface area contributed by atoms with Gasteiger partial charge in [-0.2, -0.15) is 0 Å². The third kappa shape index (κ3) is 5.35. The molecule has 8 heteroatoms. The number of rotatable bonds is 7. The number of imide groups is 1. The van der Waals surface area contributed by atoms with Gasteiger partial charge in [-0.25, -0.2) is 9.59 Å². The first-order chi connectivity index (χ1) is 13.2. The first-order valence-corrected chi connectivity index (χ1v) is 8.87. The molecule has 2 heterocycles. The van der Waals surface area contributed by atoms with E-state index in [9.17, 15) is 14.4 Å². The molecular formula is C20H25N3O5. The van der Waals surface area contributed by atoms with E-state index in [2.05, 4.69) is 4.57 Å². The van der Waals surface area contributed by atoms with Crippen LogP contribution in [-0.4, -0.2) is 28.6 Å². The first kappa shape index (κ1) is 21.0. The topological polar surface area (TPSA) is 117 Å². The average molecular weight is 387 g/mol. The molecule has 0 aliphatic carbocycles. The summed E-state index contributed by atoms with van der Waals surface area (Å²) in [5, 5.41) is 1.93. The van der Waals surface area contributed by atoms with E-state index in [-0.39, 0.29) is 5.92 Å². The van der Waals surface area contributed by atoms with Gasteiger partial charge in [0.15, 0.2) is 6.10 Å². The summed E-state index contributed by atoms with van der Waals surface area (Å²) in [5.74, 6) is -0.929. The Hall–Kier alpha value is -3.29. The van der Waals surface area contributed by atoms with Gasteiger partial charge in [-0.1, -0.05) is 13.8 Å². The molecular weight excluding hydrogens is 362 g/mol. The minimum atomic E-state index is -1.11. The Kier molecular flexibility index (Phi) is 6.81. The van der Waals surface area contributed by atoms with Crippen LogP contribution in [0.15, 0.2) is 35.0 Å². The lowest BCUT2D eigenvalue weighted by atomic mass is 10.1. The number of hydrogen-bond donors (Lipinski definition) is 2. The van der Waals surface area contributed by atoms with Crippen LogP contribution < -0.4 is 11.1 Å². The van der Waals surface area contributed by atoms with Gasteiger partial charge >= 0.3 is 12.0 Å². The zero-order valence-corrected chi connectivity index (χ0v) is 16.4. The van der Waals surface area contributed by atoms with Gasteiger partial charge in [0.1, 0.15) is 5.76 Å². The fourth-order valence-electron chi connectivity index (χ4n) is 2.81. The molecule has 0 bridgehead atoms. The number of esters is 1. The van der Waals surface area contributed by atoms with E-state index in [1.54, 1.807) is 26.2 Å². The van der Waals surface area contributed by atoms with Gasteiger partial charge in [0, 0.05) is 17.5 Å². The highest BCUT2D eigenvalue weighted by molar-refractivity contribution is 5.97. The first-order valence-electron chi connectivity index (χ1n) is 8.87. The fraction of sp³-hybridized carbons (Fsp3) is 0.350. The van der Waals surface area contributed by atoms with Crippen LogP contribution in [0.4, 0.5) is 4.79 Å². The predicted molar refractivity (Wildman–Crippen MR) is 103 cm³/mol. The van der Waals surface area contributed by atoms with Crippen molar-refractivity contribution in [3.05, 3.63) is 53.2 Å². The normalized spacial score (nSPS) is 12.3. The molecule has 0 unspecified atom stereocenters. The predicted octanol–water partition coefficient (Wildman–Crippen LogP) is 2.52. The highest BCUT2D eigenvalue weighted by Crippen LogP contribution is 2.19. The molecule has 3 N–H and O–H groups in total. The van der Waals surface area contributed by atoms with E-state index >= 15 is 0 Å². The molecule has 1 atom stereocenters. The van der Waals surface area contributed by atoms with E-state index in [4.69, 9.17) is 14.9 Å². The summed E-state index contributed by atoms with van der Waals surface area (Å²) in [5.41, 5.74) is 7.77. The number of nitrogens with one attached hydrogen (secondary N) is 1. The Labute approximate surface area is 163 Å². The Balaban J connectivity index is 2.09. The van der Waals surface area contributed by atoms with E-state index in [0.717, 1.165) is 22.7 Å². The smallest absolute Gasteiger partial charge is 0.331 e. The number of aryl methyl sites for hydroxylation is 1. The highest BCUT2D eigenvalue weighted by atomic mass is 16.5. The Bertz CT molecular complexity index is 878. The number of furan rings is 1. The number of amides is 3. The molecule has 0 spiro atoms. The second-order valence-electron chi connectivity index (χ2n) is 6.78. The number of carbonyl (C=O) groups excluding carboxylic acids is 3. The maximum absolute atomic E-state index is 12.2. The summed E-state index contributed by atoms with van der Waals surface area (Å²) in [7, 11) is 0. The summed E-state index contributed by atoms with van der Waals surface area (Å²) >= 11 is 0. The summed E-state index contributed by atoms with van der Waals surface area (Å²) < 4.78 is 12.6. The number of urea groups is 1. The number of aromatic nitrogens is 1. The Morgan fingerprint density at radius 2 is 2.04 bits per heavy atom. The van der Waals surface area contributed by atoms with Crippen molar-refractivity contribution < 1.29 is 23.5 Å². The molecule has 0 aliphatic heterocycles. The molecule has 0 fully saturated rings. The number of carbonyl (C=O) groups is 3. The molecule has 3 amide bonds. The van der Waals surface area contributed by atoms with Crippen LogP contribution in [0.25, 0.3) is 6.08 Å². The molecule has 0 aromatic carbocycles. The van der Waals surface area contributed by atoms with Gasteiger partial charge in [-0.15, -0.1) is 0 Å². The molecule has 28 heavy (non-hydrogen) atoms. The van der Waals surface area contributed by atoms with Gasteiger partial charge in [-0.3, -0.25) is 10.1 Å². The van der Waals surface area contributed by atoms with Crippen molar-refractivity contribution in [2.24, 2.45) is 11.7 Å². The van der Waals surface area contributed by atoms with Crippen LogP contribution in [0, 0.1) is 19.8 Å². The van der Waals surface area contributed by atoms with Crippen molar-refractivity contribution >= 4 is 24.0 Å². The second-order valence-corrected chi connectivity index (χ2v) is 6.78. The highest BCUT2D eigenvalue weighted by Gasteiger charge is 2.26. The average Bonchev–Trinajstić information content (AvgIpc) is 3.20. The molecule has 2 aromatic heterocycles. The maximum atomic E-state index is 12.2. The molecule has 150 valence electrons. The standard InChI is InChI=1S/C20H25N3O5/c1-12(2)18(19(25)22-20(21)26)28-17(24)8-7-15-10-13(3)23(14(15)4)11-16-6-5-9-27-16/h5-10,12,18H,11H2,1-4H3,(H3,21,22,25,26)/b8-7+/t18-/m1/s1. The monoisotopic (exact) mass is 387 g/mol. The van der Waals surface area contributed by atoms with Crippen molar-refractivity contribution in [3.8, 4) is 0 Å². The van der Waals surface area contributed by atoms with Crippen LogP contribution in [0.3, 0.4) is 0 Å². The van der Waals surface area contributed by atoms with Crippen LogP contribution in [0.2, 0.25) is 0 Å². The number of hydrogen-bond acceptors (Lipinski definition) is 5. The molecule has 0 saturated heterocycles. The van der Waals surface area contributed by atoms with E-state index < -0.39 is 24.0 Å². The lowest BCUT2D eigenvalue weighted by molar-refractivity contribution is -0.153. The van der Waals surface area contributed by atoms with Gasteiger partial charge < -0.3 is 19.5 Å². The fourth-order valence-corrected chi connectivity index (χ4v) is 2.81. The minimum absolute atomic E-state index is 0.324. The van der Waals surface area contributed by atoms with E-state index in [1.165, 1.54) is 6.08 Å². The van der Waals surface area contributed by atoms with Gasteiger partial charge in [0.2, 0.25) is 0 Å². The molecule has 0 saturated carbocycles. The summed E-state index contributed by atoms with van der Waals surface area (Å²) in [4.78, 5) is 34.9. The summed E-state index contributed by atoms with van der Waals surface area (Å²) in [6, 6.07) is 4.68. The quantitative estimate of drug-likeness (QED) is 0.559. The molecule has 2 rings (SSSR count). The third-order valence-electron chi connectivity index (χ3n) is 4.26. The maximum Gasteiger partial charge on any atom is 0.331 e. The molecule has 0 radical (unpaired) electrons. The van der Waals surface area contributed by atoms with Crippen molar-refractivity contribution in [3.63, 3.8) is 0 Å². The van der Waals surface area contributed by atoms with Crippen LogP contribution in [0.1, 0.15) is 36.6 Å². The van der Waals surface area contributed by atoms with E-state index in [1.807, 2.05) is 37.4 Å². The Morgan fingerprint density at radius 1 is 1.32 bits per heavy atom. The summed E-state index contributed by atoms with van der Waals surface area (Å²) in [6.45, 7) is 7.90. The third-order valence-corrected chi connectivity index (χ3v) is 4.26. The van der Waals surface area contributed by atoms with E-state index in [0.29, 0.717) is 6.54 Å². The van der Waals surface area contributed by atoms with Crippen molar-refractivity contribution in [2.75, 3.05) is 0 Å². The van der Waals surface area contributed by atoms with Crippen LogP contribution in [-0.2, 0) is 20.9 Å². The molecule has 2 aromatic rings. The van der Waals surface area contributed by atoms with Crippen LogP contribution >= 0.6 is 0 Å². The number of nitrogens with zero attached hydrogens (tertiary/aromatic N) is 1. The largest absolute Gasteiger partial charge is 0.467 e. The van der Waals surface area contributed by atoms with Crippen molar-refractivity contribution in [1.82, 2.24) is 9.88 Å². The minimum Gasteiger partial charge on any atom is -0.467 e. The van der Waals surface area contributed by atoms with Crippen molar-refractivity contribution in [2.45, 2.75) is 40.3 Å². The zero-order valence-electron chi connectivity index (χ0n) is 16.4. The zero-order chi connectivity index (χ0) is 20.8. The molecule has 8 nitrogen and oxygen atoms in total. The molecule has 0 aliphatic rings. The van der Waals surface area contributed by atoms with Crippen molar-refractivity contribution in [1.29, 1.82) is 0 Å². The van der Waals surface area contributed by atoms with Gasteiger partial charge in [0.05, 0.1) is 12.8 Å². The lowest BCUT2D eigenvalue weighted by Crippen LogP contribution is -2.45. The lowest BCUT2D eigenvalue weighted by Gasteiger charge is -2.18. The van der Waals surface area contributed by atoms with Crippen LogP contribution in [0.5, 0.6) is 0 Å². The number of ether oxygens (including phenoxy) is 1. The number of nitrogens with two attached hydrogens (primary N) is 1. The SMILES string of the molecule is Cc1cc(/C=C/C(=O)O[C@@H](C(=O)NC(N)=O)C(C)C)c(C)n1Cc1ccco1. The second kappa shape index (κ2) is 9.07. The summed E-state index contributed by atoms with van der Waals surface area (Å²) in [6.07, 6.45) is 3.40. The Morgan fingerprint density at radius 3 is 2.61 bits per heavy atom. The number of primary amides is 1. The van der Waals surface area contributed by atoms with Gasteiger partial charge in [-0.05, 0) is 49.6 Å².